The average Bonchev–Trinajstić information content (AvgIpc) is 3.44. The summed E-state index contributed by atoms with van der Waals surface area (Å²) in [7, 11) is 0. The van der Waals surface area contributed by atoms with Crippen molar-refractivity contribution in [1.82, 2.24) is 25.6 Å². The topological polar surface area (TPSA) is 156 Å². The first kappa shape index (κ1) is 23.9. The second-order valence-electron chi connectivity index (χ2n) is 8.08. The van der Waals surface area contributed by atoms with Gasteiger partial charge in [-0.05, 0) is 22.3 Å². The molecule has 1 aliphatic rings. The van der Waals surface area contributed by atoms with E-state index >= 15 is 0 Å². The van der Waals surface area contributed by atoms with Crippen molar-refractivity contribution in [2.24, 2.45) is 0 Å². The molecule has 11 heteroatoms. The number of benzene rings is 2. The van der Waals surface area contributed by atoms with Crippen LogP contribution in [-0.4, -0.2) is 69.0 Å². The number of aliphatic hydroxyl groups excluding tert-OH is 1. The number of rotatable bonds is 10. The lowest BCUT2D eigenvalue weighted by atomic mass is 9.98. The Labute approximate surface area is 200 Å². The maximum absolute atomic E-state index is 12.2. The van der Waals surface area contributed by atoms with Crippen LogP contribution in [0.25, 0.3) is 11.1 Å². The minimum Gasteiger partial charge on any atom is -0.481 e. The molecule has 4 N–H and O–H groups in total. The normalized spacial score (nSPS) is 12.9. The molecule has 11 nitrogen and oxygen atoms in total. The number of alkyl carbamates (subject to hydrolysis) is 1. The van der Waals surface area contributed by atoms with E-state index in [0.29, 0.717) is 0 Å². The Morgan fingerprint density at radius 3 is 2.34 bits per heavy atom. The van der Waals surface area contributed by atoms with Gasteiger partial charge in [-0.25, -0.2) is 9.48 Å². The number of fused-ring (bicyclic) bond motifs is 3. The van der Waals surface area contributed by atoms with E-state index in [0.717, 1.165) is 22.3 Å². The van der Waals surface area contributed by atoms with E-state index in [1.807, 2.05) is 36.4 Å². The molecule has 1 atom stereocenters. The molecule has 0 bridgehead atoms. The molecule has 1 aliphatic carbocycles. The average molecular weight is 479 g/mol. The molecular formula is C24H25N5O6. The molecule has 0 saturated carbocycles. The first-order valence-corrected chi connectivity index (χ1v) is 11.1. The summed E-state index contributed by atoms with van der Waals surface area (Å²) in [5.74, 6) is -1.79. The van der Waals surface area contributed by atoms with E-state index in [2.05, 4.69) is 33.1 Å². The minimum absolute atomic E-state index is 0.00802. The lowest BCUT2D eigenvalue weighted by molar-refractivity contribution is -0.139. The molecule has 182 valence electrons. The van der Waals surface area contributed by atoms with Gasteiger partial charge in [0.1, 0.15) is 6.61 Å². The fraction of sp³-hybridized carbons (Fsp3) is 0.292. The summed E-state index contributed by atoms with van der Waals surface area (Å²) in [4.78, 5) is 34.8. The number of hydrogen-bond acceptors (Lipinski definition) is 7. The number of carbonyl (C=O) groups excluding carboxylic acids is 2. The molecular weight excluding hydrogens is 454 g/mol. The number of carboxylic acids is 1. The molecule has 0 spiro atoms. The number of aromatic nitrogens is 3. The van der Waals surface area contributed by atoms with Gasteiger partial charge < -0.3 is 25.6 Å². The maximum Gasteiger partial charge on any atom is 0.407 e. The van der Waals surface area contributed by atoms with Crippen LogP contribution in [0, 0.1) is 0 Å². The predicted octanol–water partition coefficient (Wildman–Crippen LogP) is 1.38. The van der Waals surface area contributed by atoms with Crippen molar-refractivity contribution in [2.45, 2.75) is 25.0 Å². The number of carboxylic acid groups (broad SMARTS) is 1. The molecule has 1 aromatic heterocycles. The van der Waals surface area contributed by atoms with Gasteiger partial charge in [-0.3, -0.25) is 9.59 Å². The Morgan fingerprint density at radius 2 is 1.69 bits per heavy atom. The first-order chi connectivity index (χ1) is 16.9. The summed E-state index contributed by atoms with van der Waals surface area (Å²) in [5.41, 5.74) is 4.57. The molecule has 0 aliphatic heterocycles. The van der Waals surface area contributed by atoms with Crippen LogP contribution in [0.4, 0.5) is 4.79 Å². The third-order valence-corrected chi connectivity index (χ3v) is 5.63. The molecule has 2 aromatic carbocycles. The Balaban J connectivity index is 1.22. The summed E-state index contributed by atoms with van der Waals surface area (Å²) in [5, 5.41) is 30.8. The molecule has 4 rings (SSSR count). The Bertz CT molecular complexity index is 1180. The van der Waals surface area contributed by atoms with Gasteiger partial charge in [-0.2, -0.15) is 0 Å². The predicted molar refractivity (Wildman–Crippen MR) is 124 cm³/mol. The molecule has 3 aromatic rings. The van der Waals surface area contributed by atoms with Gasteiger partial charge in [0.25, 0.3) is 5.91 Å². The van der Waals surface area contributed by atoms with Crippen LogP contribution in [0.5, 0.6) is 0 Å². The quantitative estimate of drug-likeness (QED) is 0.340. The highest BCUT2D eigenvalue weighted by Gasteiger charge is 2.29. The van der Waals surface area contributed by atoms with Gasteiger partial charge in [0, 0.05) is 19.0 Å². The second-order valence-corrected chi connectivity index (χ2v) is 8.08. The third kappa shape index (κ3) is 5.82. The van der Waals surface area contributed by atoms with Gasteiger partial charge in [0.2, 0.25) is 0 Å². The van der Waals surface area contributed by atoms with Crippen LogP contribution in [-0.2, 0) is 16.1 Å². The van der Waals surface area contributed by atoms with E-state index in [4.69, 9.17) is 9.84 Å². The van der Waals surface area contributed by atoms with Crippen molar-refractivity contribution in [2.75, 3.05) is 19.7 Å². The van der Waals surface area contributed by atoms with E-state index in [9.17, 15) is 19.5 Å². The van der Waals surface area contributed by atoms with E-state index in [1.165, 1.54) is 10.9 Å². The lowest BCUT2D eigenvalue weighted by Gasteiger charge is -2.14. The van der Waals surface area contributed by atoms with Crippen LogP contribution < -0.4 is 10.6 Å². The highest BCUT2D eigenvalue weighted by Crippen LogP contribution is 2.44. The van der Waals surface area contributed by atoms with Crippen molar-refractivity contribution >= 4 is 18.0 Å². The zero-order valence-electron chi connectivity index (χ0n) is 18.8. The van der Waals surface area contributed by atoms with Gasteiger partial charge in [-0.1, -0.05) is 53.7 Å². The van der Waals surface area contributed by atoms with Gasteiger partial charge in [0.05, 0.1) is 25.3 Å². The van der Waals surface area contributed by atoms with Crippen LogP contribution >= 0.6 is 0 Å². The zero-order valence-corrected chi connectivity index (χ0v) is 18.8. The third-order valence-electron chi connectivity index (χ3n) is 5.63. The number of aliphatic hydroxyl groups is 1. The summed E-state index contributed by atoms with van der Waals surface area (Å²) in [6.45, 7) is 0.451. The SMILES string of the molecule is O=C(O)CC(O)CNC(=O)c1cn(CCNC(=O)OCC2c3ccccc3-c3ccccc32)nn1. The number of amides is 2. The number of aliphatic carboxylic acids is 1. The number of ether oxygens (including phenoxy) is 1. The smallest absolute Gasteiger partial charge is 0.407 e. The highest BCUT2D eigenvalue weighted by molar-refractivity contribution is 5.91. The fourth-order valence-corrected chi connectivity index (χ4v) is 4.01. The first-order valence-electron chi connectivity index (χ1n) is 11.1. The molecule has 1 unspecified atom stereocenters. The van der Waals surface area contributed by atoms with Gasteiger partial charge >= 0.3 is 12.1 Å². The monoisotopic (exact) mass is 479 g/mol. The number of nitrogens with one attached hydrogen (secondary N) is 2. The summed E-state index contributed by atoms with van der Waals surface area (Å²) in [6.07, 6.45) is -0.849. The van der Waals surface area contributed by atoms with Crippen LogP contribution in [0.15, 0.2) is 54.7 Å². The number of carbonyl (C=O) groups is 3. The molecule has 0 fully saturated rings. The van der Waals surface area contributed by atoms with Crippen LogP contribution in [0.2, 0.25) is 0 Å². The summed E-state index contributed by atoms with van der Waals surface area (Å²) in [6, 6.07) is 16.2. The Kier molecular flexibility index (Phi) is 7.36. The maximum atomic E-state index is 12.2. The lowest BCUT2D eigenvalue weighted by Crippen LogP contribution is -2.33. The van der Waals surface area contributed by atoms with Crippen molar-refractivity contribution in [3.63, 3.8) is 0 Å². The second kappa shape index (κ2) is 10.8. The van der Waals surface area contributed by atoms with E-state index in [-0.39, 0.29) is 37.9 Å². The number of nitrogens with zero attached hydrogens (tertiary/aromatic N) is 3. The Hall–Kier alpha value is -4.25. The summed E-state index contributed by atoms with van der Waals surface area (Å²) >= 11 is 0. The standard InChI is InChI=1S/C24H25N5O6/c30-15(11-22(31)32)12-26-23(33)21-13-29(28-27-21)10-9-25-24(34)35-14-20-18-7-3-1-5-16(18)17-6-2-4-8-19(17)20/h1-8,13,15,20,30H,9-12,14H2,(H,25,34)(H,26,33)(H,31,32). The van der Waals surface area contributed by atoms with E-state index < -0.39 is 30.5 Å². The zero-order chi connectivity index (χ0) is 24.8. The van der Waals surface area contributed by atoms with Crippen molar-refractivity contribution in [3.8, 4) is 11.1 Å². The van der Waals surface area contributed by atoms with Crippen molar-refractivity contribution < 1.29 is 29.3 Å². The summed E-state index contributed by atoms with van der Waals surface area (Å²) < 4.78 is 6.86. The molecule has 35 heavy (non-hydrogen) atoms. The molecule has 1 heterocycles. The van der Waals surface area contributed by atoms with Gasteiger partial charge in [-0.15, -0.1) is 5.10 Å². The van der Waals surface area contributed by atoms with Crippen LogP contribution in [0.1, 0.15) is 34.0 Å². The largest absolute Gasteiger partial charge is 0.481 e. The fourth-order valence-electron chi connectivity index (χ4n) is 4.01. The van der Waals surface area contributed by atoms with Crippen LogP contribution in [0.3, 0.4) is 0 Å². The van der Waals surface area contributed by atoms with E-state index in [1.54, 1.807) is 0 Å². The molecule has 2 amide bonds. The highest BCUT2D eigenvalue weighted by atomic mass is 16.5. The molecule has 0 radical (unpaired) electrons. The van der Waals surface area contributed by atoms with Crippen molar-refractivity contribution in [1.29, 1.82) is 0 Å². The van der Waals surface area contributed by atoms with Gasteiger partial charge in [0.15, 0.2) is 5.69 Å². The van der Waals surface area contributed by atoms with Crippen molar-refractivity contribution in [3.05, 3.63) is 71.5 Å². The Morgan fingerprint density at radius 1 is 1.03 bits per heavy atom. The minimum atomic E-state index is -1.20. The molecule has 0 saturated heterocycles. The number of hydrogen-bond donors (Lipinski definition) is 4.